The van der Waals surface area contributed by atoms with Gasteiger partial charge in [0.15, 0.2) is 11.5 Å². The van der Waals surface area contributed by atoms with E-state index in [0.29, 0.717) is 28.5 Å². The minimum atomic E-state index is -3.92. The molecule has 0 aromatic heterocycles. The number of anilines is 1. The number of hydrogen-bond donors (Lipinski definition) is 2. The van der Waals surface area contributed by atoms with Crippen molar-refractivity contribution in [1.29, 1.82) is 0 Å². The van der Waals surface area contributed by atoms with Crippen molar-refractivity contribution in [2.24, 2.45) is 5.10 Å². The van der Waals surface area contributed by atoms with Crippen molar-refractivity contribution in [3.8, 4) is 17.2 Å². The second kappa shape index (κ2) is 11.3. The van der Waals surface area contributed by atoms with Gasteiger partial charge in [0.1, 0.15) is 0 Å². The molecule has 2 aromatic carbocycles. The van der Waals surface area contributed by atoms with Crippen LogP contribution in [-0.4, -0.2) is 65.7 Å². The molecule has 0 aliphatic heterocycles. The standard InChI is InChI=1S/C21H26N4O7S/c1-14(26)23-16-6-8-17(9-7-16)33(28,29)25(2)13-20(27)24-22-12-15-10-18(30-3)21(32-5)19(11-15)31-4/h6-12H,13H2,1-5H3,(H,23,26)(H,24,27)/b22-12+. The van der Waals surface area contributed by atoms with E-state index in [1.165, 1.54) is 65.8 Å². The fraction of sp³-hybridized carbons (Fsp3) is 0.286. The number of rotatable bonds is 10. The topological polar surface area (TPSA) is 136 Å². The summed E-state index contributed by atoms with van der Waals surface area (Å²) in [5.74, 6) is 0.337. The molecule has 0 aliphatic rings. The van der Waals surface area contributed by atoms with Gasteiger partial charge in [0.05, 0.1) is 39.0 Å². The zero-order valence-corrected chi connectivity index (χ0v) is 19.7. The summed E-state index contributed by atoms with van der Waals surface area (Å²) < 4.78 is 42.0. The lowest BCUT2D eigenvalue weighted by Crippen LogP contribution is -2.36. The summed E-state index contributed by atoms with van der Waals surface area (Å²) in [7, 11) is 1.79. The lowest BCUT2D eigenvalue weighted by Gasteiger charge is -2.16. The van der Waals surface area contributed by atoms with Crippen LogP contribution in [0.3, 0.4) is 0 Å². The predicted octanol–water partition coefficient (Wildman–Crippen LogP) is 1.44. The Bertz CT molecular complexity index is 1110. The number of sulfonamides is 1. The molecule has 0 saturated carbocycles. The number of carbonyl (C=O) groups excluding carboxylic acids is 2. The van der Waals surface area contributed by atoms with Crippen LogP contribution >= 0.6 is 0 Å². The van der Waals surface area contributed by atoms with Crippen LogP contribution in [0.15, 0.2) is 46.4 Å². The number of benzene rings is 2. The summed E-state index contributed by atoms with van der Waals surface area (Å²) in [6.45, 7) is 0.892. The molecule has 2 amide bonds. The first kappa shape index (κ1) is 25.6. The number of ether oxygens (including phenoxy) is 3. The number of likely N-dealkylation sites (N-methyl/N-ethyl adjacent to an activating group) is 1. The third-order valence-corrected chi connectivity index (χ3v) is 6.16. The average Bonchev–Trinajstić information content (AvgIpc) is 2.78. The third kappa shape index (κ3) is 6.67. The normalized spacial score (nSPS) is 11.3. The van der Waals surface area contributed by atoms with Gasteiger partial charge in [0.25, 0.3) is 5.91 Å². The molecule has 33 heavy (non-hydrogen) atoms. The first-order valence-electron chi connectivity index (χ1n) is 9.58. The lowest BCUT2D eigenvalue weighted by atomic mass is 10.2. The molecule has 0 spiro atoms. The van der Waals surface area contributed by atoms with E-state index in [4.69, 9.17) is 14.2 Å². The summed E-state index contributed by atoms with van der Waals surface area (Å²) in [6.07, 6.45) is 1.36. The Morgan fingerprint density at radius 3 is 2.09 bits per heavy atom. The van der Waals surface area contributed by atoms with Gasteiger partial charge in [-0.15, -0.1) is 0 Å². The highest BCUT2D eigenvalue weighted by atomic mass is 32.2. The number of amides is 2. The maximum atomic E-state index is 12.7. The first-order valence-corrected chi connectivity index (χ1v) is 11.0. The number of hydrazone groups is 1. The van der Waals surface area contributed by atoms with Crippen molar-refractivity contribution in [2.75, 3.05) is 40.2 Å². The molecule has 2 N–H and O–H groups in total. The molecular weight excluding hydrogens is 452 g/mol. The van der Waals surface area contributed by atoms with E-state index in [1.54, 1.807) is 12.1 Å². The van der Waals surface area contributed by atoms with E-state index < -0.39 is 22.5 Å². The molecule has 0 heterocycles. The van der Waals surface area contributed by atoms with E-state index in [1.807, 2.05) is 0 Å². The van der Waals surface area contributed by atoms with Gasteiger partial charge in [-0.1, -0.05) is 0 Å². The second-order valence-electron chi connectivity index (χ2n) is 6.72. The Hall–Kier alpha value is -3.64. The van der Waals surface area contributed by atoms with Gasteiger partial charge in [0.2, 0.25) is 21.7 Å². The quantitative estimate of drug-likeness (QED) is 0.390. The van der Waals surface area contributed by atoms with Gasteiger partial charge >= 0.3 is 0 Å². The second-order valence-corrected chi connectivity index (χ2v) is 8.76. The highest BCUT2D eigenvalue weighted by Gasteiger charge is 2.23. The van der Waals surface area contributed by atoms with Crippen molar-refractivity contribution < 1.29 is 32.2 Å². The maximum absolute atomic E-state index is 12.7. The molecule has 12 heteroatoms. The molecule has 0 bridgehead atoms. The van der Waals surface area contributed by atoms with Crippen molar-refractivity contribution in [3.05, 3.63) is 42.0 Å². The minimum absolute atomic E-state index is 0.0205. The molecule has 0 radical (unpaired) electrons. The fourth-order valence-electron chi connectivity index (χ4n) is 2.77. The Morgan fingerprint density at radius 2 is 1.61 bits per heavy atom. The molecule has 0 unspecified atom stereocenters. The van der Waals surface area contributed by atoms with Crippen LogP contribution < -0.4 is 25.0 Å². The van der Waals surface area contributed by atoms with Crippen LogP contribution in [0.2, 0.25) is 0 Å². The Morgan fingerprint density at radius 1 is 1.03 bits per heavy atom. The predicted molar refractivity (Wildman–Crippen MR) is 122 cm³/mol. The lowest BCUT2D eigenvalue weighted by molar-refractivity contribution is -0.121. The molecule has 11 nitrogen and oxygen atoms in total. The van der Waals surface area contributed by atoms with E-state index in [9.17, 15) is 18.0 Å². The summed E-state index contributed by atoms with van der Waals surface area (Å²) >= 11 is 0. The largest absolute Gasteiger partial charge is 0.493 e. The van der Waals surface area contributed by atoms with Crippen LogP contribution in [0, 0.1) is 0 Å². The van der Waals surface area contributed by atoms with Crippen molar-refractivity contribution in [1.82, 2.24) is 9.73 Å². The molecule has 2 rings (SSSR count). The minimum Gasteiger partial charge on any atom is -0.493 e. The van der Waals surface area contributed by atoms with Gasteiger partial charge in [-0.2, -0.15) is 9.41 Å². The van der Waals surface area contributed by atoms with Gasteiger partial charge in [0, 0.05) is 25.2 Å². The fourth-order valence-corrected chi connectivity index (χ4v) is 3.90. The molecule has 0 saturated heterocycles. The summed E-state index contributed by atoms with van der Waals surface area (Å²) in [6, 6.07) is 8.89. The maximum Gasteiger partial charge on any atom is 0.255 e. The van der Waals surface area contributed by atoms with Crippen LogP contribution in [-0.2, 0) is 19.6 Å². The number of nitrogens with one attached hydrogen (secondary N) is 2. The Labute approximate surface area is 192 Å². The molecule has 0 aliphatic carbocycles. The van der Waals surface area contributed by atoms with E-state index >= 15 is 0 Å². The SMILES string of the molecule is COc1cc(/C=N/NC(=O)CN(C)S(=O)(=O)c2ccc(NC(C)=O)cc2)cc(OC)c1OC. The van der Waals surface area contributed by atoms with E-state index in [-0.39, 0.29) is 10.8 Å². The molecule has 178 valence electrons. The zero-order valence-electron chi connectivity index (χ0n) is 18.9. The van der Waals surface area contributed by atoms with E-state index in [0.717, 1.165) is 4.31 Å². The summed E-state index contributed by atoms with van der Waals surface area (Å²) in [5, 5.41) is 6.41. The first-order chi connectivity index (χ1) is 15.6. The Kier molecular flexibility index (Phi) is 8.77. The van der Waals surface area contributed by atoms with E-state index in [2.05, 4.69) is 15.8 Å². The van der Waals surface area contributed by atoms with Crippen LogP contribution in [0.1, 0.15) is 12.5 Å². The monoisotopic (exact) mass is 478 g/mol. The Balaban J connectivity index is 2.04. The van der Waals surface area contributed by atoms with Crippen LogP contribution in [0.5, 0.6) is 17.2 Å². The summed E-state index contributed by atoms with van der Waals surface area (Å²) in [4.78, 5) is 23.3. The molecule has 0 atom stereocenters. The van der Waals surface area contributed by atoms with Crippen LogP contribution in [0.25, 0.3) is 0 Å². The van der Waals surface area contributed by atoms with Gasteiger partial charge in [-0.3, -0.25) is 9.59 Å². The third-order valence-electron chi connectivity index (χ3n) is 4.34. The van der Waals surface area contributed by atoms with Crippen molar-refractivity contribution >= 4 is 33.7 Å². The number of nitrogens with zero attached hydrogens (tertiary/aromatic N) is 2. The number of hydrogen-bond acceptors (Lipinski definition) is 8. The van der Waals surface area contributed by atoms with Gasteiger partial charge in [-0.25, -0.2) is 13.8 Å². The smallest absolute Gasteiger partial charge is 0.255 e. The summed E-state index contributed by atoms with van der Waals surface area (Å²) in [5.41, 5.74) is 3.31. The zero-order chi connectivity index (χ0) is 24.6. The molecule has 2 aromatic rings. The van der Waals surface area contributed by atoms with Crippen LogP contribution in [0.4, 0.5) is 5.69 Å². The number of carbonyl (C=O) groups is 2. The van der Waals surface area contributed by atoms with Crippen molar-refractivity contribution in [2.45, 2.75) is 11.8 Å². The average molecular weight is 479 g/mol. The number of methoxy groups -OCH3 is 3. The van der Waals surface area contributed by atoms with Gasteiger partial charge < -0.3 is 19.5 Å². The molecule has 0 fully saturated rings. The highest BCUT2D eigenvalue weighted by molar-refractivity contribution is 7.89. The van der Waals surface area contributed by atoms with Gasteiger partial charge in [-0.05, 0) is 36.4 Å². The highest BCUT2D eigenvalue weighted by Crippen LogP contribution is 2.37. The molecular formula is C21H26N4O7S. The van der Waals surface area contributed by atoms with Crippen molar-refractivity contribution in [3.63, 3.8) is 0 Å².